The van der Waals surface area contributed by atoms with Crippen LogP contribution in [0.1, 0.15) is 47.3 Å². The number of hydrogen-bond acceptors (Lipinski definition) is 2. The minimum atomic E-state index is -4.69. The molecule has 0 aliphatic carbocycles. The average Bonchev–Trinajstić information content (AvgIpc) is 2.56. The van der Waals surface area contributed by atoms with Crippen molar-refractivity contribution in [2.45, 2.75) is 40.0 Å². The molecule has 0 fully saturated rings. The van der Waals surface area contributed by atoms with Gasteiger partial charge < -0.3 is 10.1 Å². The lowest BCUT2D eigenvalue weighted by atomic mass is 9.98. The van der Waals surface area contributed by atoms with Crippen molar-refractivity contribution in [2.75, 3.05) is 6.54 Å². The summed E-state index contributed by atoms with van der Waals surface area (Å²) in [5, 5.41) is 2.91. The fourth-order valence-electron chi connectivity index (χ4n) is 2.64. The molecule has 0 atom stereocenters. The molecule has 2 rings (SSSR count). The normalized spacial score (nSPS) is 11.5. The Morgan fingerprint density at radius 2 is 1.78 bits per heavy atom. The van der Waals surface area contributed by atoms with E-state index in [1.54, 1.807) is 18.2 Å². The summed E-state index contributed by atoms with van der Waals surface area (Å²) in [6.45, 7) is 6.77. The Kier molecular flexibility index (Phi) is 6.88. The van der Waals surface area contributed by atoms with Crippen molar-refractivity contribution in [1.29, 1.82) is 0 Å². The van der Waals surface area contributed by atoms with Crippen molar-refractivity contribution < 1.29 is 22.7 Å². The van der Waals surface area contributed by atoms with Gasteiger partial charge in [0.05, 0.1) is 0 Å². The standard InChI is InChI=1S/C21H24F3NO2/c1-14(2)10-11-25-20(26)18-7-6-17(15(3)12-18)13-16-4-8-19(9-5-16)27-21(22,23)24/h4-9,12,14H,10-11,13H2,1-3H3,(H,25,26). The maximum atomic E-state index is 12.2. The number of hydrogen-bond donors (Lipinski definition) is 1. The molecule has 0 unspecified atom stereocenters. The first-order valence-electron chi connectivity index (χ1n) is 8.86. The molecule has 0 aliphatic heterocycles. The van der Waals surface area contributed by atoms with Gasteiger partial charge in [-0.05, 0) is 66.6 Å². The highest BCUT2D eigenvalue weighted by atomic mass is 19.4. The lowest BCUT2D eigenvalue weighted by Gasteiger charge is -2.11. The quantitative estimate of drug-likeness (QED) is 0.713. The molecule has 2 aromatic rings. The topological polar surface area (TPSA) is 38.3 Å². The molecule has 0 spiro atoms. The van der Waals surface area contributed by atoms with Crippen molar-refractivity contribution in [1.82, 2.24) is 5.32 Å². The largest absolute Gasteiger partial charge is 0.573 e. The first-order valence-corrected chi connectivity index (χ1v) is 8.86. The van der Waals surface area contributed by atoms with Crippen LogP contribution in [0.3, 0.4) is 0 Å². The molecule has 146 valence electrons. The molecule has 0 saturated carbocycles. The Balaban J connectivity index is 2.00. The third kappa shape index (κ3) is 6.96. The summed E-state index contributed by atoms with van der Waals surface area (Å²) >= 11 is 0. The molecular weight excluding hydrogens is 355 g/mol. The first-order chi connectivity index (χ1) is 12.6. The van der Waals surface area contributed by atoms with Gasteiger partial charge in [-0.15, -0.1) is 13.2 Å². The summed E-state index contributed by atoms with van der Waals surface area (Å²) in [5.74, 6) is 0.192. The van der Waals surface area contributed by atoms with Crippen LogP contribution in [0.15, 0.2) is 42.5 Å². The second kappa shape index (κ2) is 8.93. The third-order valence-corrected chi connectivity index (χ3v) is 4.16. The zero-order valence-electron chi connectivity index (χ0n) is 15.7. The molecule has 6 heteroatoms. The molecule has 2 aromatic carbocycles. The molecule has 1 N–H and O–H groups in total. The Morgan fingerprint density at radius 1 is 1.11 bits per heavy atom. The molecule has 27 heavy (non-hydrogen) atoms. The molecular formula is C21H24F3NO2. The lowest BCUT2D eigenvalue weighted by molar-refractivity contribution is -0.274. The molecule has 0 aliphatic rings. The highest BCUT2D eigenvalue weighted by Gasteiger charge is 2.30. The van der Waals surface area contributed by atoms with Crippen molar-refractivity contribution in [3.63, 3.8) is 0 Å². The fourth-order valence-corrected chi connectivity index (χ4v) is 2.64. The minimum absolute atomic E-state index is 0.0982. The van der Waals surface area contributed by atoms with Crippen molar-refractivity contribution in [3.8, 4) is 5.75 Å². The first kappa shape index (κ1) is 20.8. The number of amides is 1. The molecule has 0 bridgehead atoms. The highest BCUT2D eigenvalue weighted by Crippen LogP contribution is 2.24. The number of halogens is 3. The predicted octanol–water partition coefficient (Wildman–Crippen LogP) is 5.26. The zero-order chi connectivity index (χ0) is 20.0. The second-order valence-electron chi connectivity index (χ2n) is 6.95. The highest BCUT2D eigenvalue weighted by molar-refractivity contribution is 5.94. The summed E-state index contributed by atoms with van der Waals surface area (Å²) in [5.41, 5.74) is 3.44. The van der Waals surface area contributed by atoms with Crippen LogP contribution >= 0.6 is 0 Å². The van der Waals surface area contributed by atoms with Crippen LogP contribution in [-0.2, 0) is 6.42 Å². The Labute approximate surface area is 157 Å². The van der Waals surface area contributed by atoms with Gasteiger partial charge >= 0.3 is 6.36 Å². The molecule has 1 amide bonds. The van der Waals surface area contributed by atoms with Gasteiger partial charge in [0, 0.05) is 12.1 Å². The fraction of sp³-hybridized carbons (Fsp3) is 0.381. The van der Waals surface area contributed by atoms with Gasteiger partial charge in [-0.25, -0.2) is 0 Å². The van der Waals surface area contributed by atoms with Crippen LogP contribution in [0.4, 0.5) is 13.2 Å². The van der Waals surface area contributed by atoms with Gasteiger partial charge in [0.15, 0.2) is 0 Å². The van der Waals surface area contributed by atoms with E-state index in [9.17, 15) is 18.0 Å². The van der Waals surface area contributed by atoms with Gasteiger partial charge in [-0.1, -0.05) is 32.0 Å². The van der Waals surface area contributed by atoms with Gasteiger partial charge in [0.2, 0.25) is 0 Å². The maximum absolute atomic E-state index is 12.2. The number of carbonyl (C=O) groups excluding carboxylic acids is 1. The lowest BCUT2D eigenvalue weighted by Crippen LogP contribution is -2.25. The summed E-state index contributed by atoms with van der Waals surface area (Å²) in [6, 6.07) is 11.3. The molecule has 3 nitrogen and oxygen atoms in total. The number of nitrogens with one attached hydrogen (secondary N) is 1. The van der Waals surface area contributed by atoms with Crippen molar-refractivity contribution in [3.05, 3.63) is 64.7 Å². The second-order valence-corrected chi connectivity index (χ2v) is 6.95. The zero-order valence-corrected chi connectivity index (χ0v) is 15.7. The summed E-state index contributed by atoms with van der Waals surface area (Å²) in [7, 11) is 0. The summed E-state index contributed by atoms with van der Waals surface area (Å²) < 4.78 is 40.5. The van der Waals surface area contributed by atoms with Gasteiger partial charge in [0.1, 0.15) is 5.75 Å². The number of rotatable bonds is 7. The van der Waals surface area contributed by atoms with E-state index in [4.69, 9.17) is 0 Å². The number of benzene rings is 2. The number of alkyl halides is 3. The van der Waals surface area contributed by atoms with E-state index in [0.717, 1.165) is 23.1 Å². The van der Waals surface area contributed by atoms with Crippen molar-refractivity contribution in [2.24, 2.45) is 5.92 Å². The van der Waals surface area contributed by atoms with Crippen molar-refractivity contribution >= 4 is 5.91 Å². The van der Waals surface area contributed by atoms with E-state index in [1.165, 1.54) is 12.1 Å². The summed E-state index contributed by atoms with van der Waals surface area (Å²) in [4.78, 5) is 12.2. The number of ether oxygens (including phenoxy) is 1. The van der Waals surface area contributed by atoms with Crippen LogP contribution < -0.4 is 10.1 Å². The predicted molar refractivity (Wildman–Crippen MR) is 98.9 cm³/mol. The van der Waals surface area contributed by atoms with Crippen LogP contribution in [0, 0.1) is 12.8 Å². The smallest absolute Gasteiger partial charge is 0.406 e. The average molecular weight is 379 g/mol. The van der Waals surface area contributed by atoms with Crippen LogP contribution in [0.5, 0.6) is 5.75 Å². The molecule has 0 aromatic heterocycles. The minimum Gasteiger partial charge on any atom is -0.406 e. The number of aryl methyl sites for hydroxylation is 1. The Morgan fingerprint density at radius 3 is 2.33 bits per heavy atom. The van der Waals surface area contributed by atoms with E-state index in [-0.39, 0.29) is 11.7 Å². The van der Waals surface area contributed by atoms with Crippen LogP contribution in [-0.4, -0.2) is 18.8 Å². The monoisotopic (exact) mass is 379 g/mol. The van der Waals surface area contributed by atoms with Crippen LogP contribution in [0.2, 0.25) is 0 Å². The van der Waals surface area contributed by atoms with E-state index in [2.05, 4.69) is 23.9 Å². The Hall–Kier alpha value is -2.50. The van der Waals surface area contributed by atoms with Crippen LogP contribution in [0.25, 0.3) is 0 Å². The summed E-state index contributed by atoms with van der Waals surface area (Å²) in [6.07, 6.45) is -3.20. The number of carbonyl (C=O) groups is 1. The van der Waals surface area contributed by atoms with E-state index >= 15 is 0 Å². The molecule has 0 saturated heterocycles. The third-order valence-electron chi connectivity index (χ3n) is 4.16. The van der Waals surface area contributed by atoms with E-state index in [1.807, 2.05) is 19.1 Å². The maximum Gasteiger partial charge on any atom is 0.573 e. The van der Waals surface area contributed by atoms with Gasteiger partial charge in [-0.2, -0.15) is 0 Å². The van der Waals surface area contributed by atoms with E-state index < -0.39 is 6.36 Å². The molecule has 0 radical (unpaired) electrons. The van der Waals surface area contributed by atoms with Gasteiger partial charge in [-0.3, -0.25) is 4.79 Å². The van der Waals surface area contributed by atoms with E-state index in [0.29, 0.717) is 24.4 Å². The molecule has 0 heterocycles. The SMILES string of the molecule is Cc1cc(C(=O)NCCC(C)C)ccc1Cc1ccc(OC(F)(F)F)cc1. The Bertz CT molecular complexity index is 768. The van der Waals surface area contributed by atoms with Gasteiger partial charge in [0.25, 0.3) is 5.91 Å².